The summed E-state index contributed by atoms with van der Waals surface area (Å²) in [7, 11) is 0. The molecular weight excluding hydrogens is 1330 g/mol. The van der Waals surface area contributed by atoms with Gasteiger partial charge in [-0.25, -0.2) is 19.2 Å². The number of ether oxygens (including phenoxy) is 4. The number of carboxylic acid groups (broad SMARTS) is 1. The number of rotatable bonds is 4. The molecule has 600 valence electrons. The number of aliphatic carboxylic acids is 1. The molecule has 13 aliphatic heterocycles. The summed E-state index contributed by atoms with van der Waals surface area (Å²) in [5.74, 6) is 8.28. The van der Waals surface area contributed by atoms with Crippen LogP contribution in [-0.4, -0.2) is 199 Å². The monoisotopic (exact) mass is 1480 g/mol. The Labute approximate surface area is 642 Å². The van der Waals surface area contributed by atoms with Crippen LogP contribution < -0.4 is 16.0 Å². The molecule has 19 nitrogen and oxygen atoms in total. The van der Waals surface area contributed by atoms with Crippen molar-refractivity contribution in [3.05, 3.63) is 71.8 Å². The highest BCUT2D eigenvalue weighted by atomic mass is 16.6. The van der Waals surface area contributed by atoms with E-state index >= 15 is 0 Å². The van der Waals surface area contributed by atoms with Crippen LogP contribution in [0.4, 0.5) is 19.2 Å². The van der Waals surface area contributed by atoms with Crippen molar-refractivity contribution in [2.24, 2.45) is 71.0 Å². The molecule has 0 spiro atoms. The topological polar surface area (TPSA) is 198 Å². The van der Waals surface area contributed by atoms with Gasteiger partial charge in [0.2, 0.25) is 0 Å². The molecule has 13 heterocycles. The quantitative estimate of drug-likeness (QED) is 0.211. The molecule has 15 fully saturated rings. The molecule has 0 radical (unpaired) electrons. The van der Waals surface area contributed by atoms with Crippen LogP contribution in [0.2, 0.25) is 0 Å². The first kappa shape index (κ1) is 84.8. The SMILES string of the molecule is C.C.C.CC(=O)O.C[C@@H]1C2C3CC(CC1N3C(=O)OC(C)(C)C)CN2Cc1ccccc1.C[C@@H]1C2NCC3CC2N(C(=O)OC(C)(C)C)C1C3.C[C@@H]1[C@H]2NC[C@@H]3C[C@H]2N(C(=O)OC(C)(C)C)[C@H]1C3.C[C@H]1C2CC3CC(C2)C1N(Cc1ccccc1)C3.C[C@H]1[C@H]2NC[C@@H]3C[C@H]1N(C(=O)OC(C)(C)C)[C@H]2C3.[2H]CC. The van der Waals surface area contributed by atoms with Gasteiger partial charge in [-0.05, 0) is 255 Å². The molecule has 4 N–H and O–H groups in total. The molecular formula is C87H147N9O10. The van der Waals surface area contributed by atoms with E-state index in [0.717, 1.165) is 132 Å². The van der Waals surface area contributed by atoms with Crippen molar-refractivity contribution in [3.8, 4) is 0 Å². The number of hydrogen-bond acceptors (Lipinski definition) is 14. The maximum atomic E-state index is 12.8. The summed E-state index contributed by atoms with van der Waals surface area (Å²) in [6.45, 7) is 46.4. The summed E-state index contributed by atoms with van der Waals surface area (Å²) in [5, 5.41) is 18.3. The second-order valence-electron chi connectivity index (χ2n) is 38.0. The first-order chi connectivity index (χ1) is 48.9. The Kier molecular flexibility index (Phi) is 27.7. The average Bonchev–Trinajstić information content (AvgIpc) is 1.61. The van der Waals surface area contributed by atoms with Gasteiger partial charge >= 0.3 is 24.4 Å². The second-order valence-corrected chi connectivity index (χ2v) is 38.0. The molecule has 0 aromatic heterocycles. The third-order valence-corrected chi connectivity index (χ3v) is 26.0. The highest BCUT2D eigenvalue weighted by Crippen LogP contribution is 2.55. The molecule has 19 heteroatoms. The predicted octanol–water partition coefficient (Wildman–Crippen LogP) is 16.5. The molecule has 2 aromatic carbocycles. The summed E-state index contributed by atoms with van der Waals surface area (Å²) >= 11 is 0. The highest BCUT2D eigenvalue weighted by molar-refractivity contribution is 5.72. The fourth-order valence-corrected chi connectivity index (χ4v) is 22.5. The van der Waals surface area contributed by atoms with Crippen LogP contribution in [0.1, 0.15) is 244 Å². The van der Waals surface area contributed by atoms with Gasteiger partial charge in [0.1, 0.15) is 22.4 Å². The number of carboxylic acids is 1. The van der Waals surface area contributed by atoms with E-state index in [-0.39, 0.29) is 46.7 Å². The first-order valence-electron chi connectivity index (χ1n) is 40.9. The lowest BCUT2D eigenvalue weighted by Gasteiger charge is -2.47. The summed E-state index contributed by atoms with van der Waals surface area (Å²) in [6.07, 6.45) is 13.2. The smallest absolute Gasteiger partial charge is 0.410 e. The highest BCUT2D eigenvalue weighted by Gasteiger charge is 2.61. The Morgan fingerprint density at radius 1 is 0.406 bits per heavy atom. The van der Waals surface area contributed by atoms with Crippen molar-refractivity contribution in [1.82, 2.24) is 45.3 Å². The third kappa shape index (κ3) is 19.2. The standard InChI is InChI=1S/C21H30N2O2.C17H23N.3C14H24N2O2.C2H4O2.C2H6.3CH4/c1-14-17-10-16-11-18(23(17)20(24)25-21(2,3)4)19(14)22(13-16)12-15-8-6-5-7-9-15;1-12-15-7-14-8-16(9-15)17(12)18(11-14)10-13-5-3-2-4-6-13;3*1-8-10-5-9-6-11(12(8)15-7-9)16(10)13(17)18-14(2,3)4;1-2(3)4;1-2;;;/h5-9,14,16-19H,10-13H2,1-4H3;2-6,12,14-17H,7-11H2,1H3;3*8-12,15H,5-7H2,1-4H3;1H3,(H,3,4);1-2H3;3*1H4/t14-,16?,17?,18?,19?;12-,14?,15?,16?,17?;8-,9?,10?,11?,12?;8-,9-,10-,11+,12+;8-,9-,10-,11+,12-;;;;;/m00001...../s1/i;;;;;;1D;;;. The van der Waals surface area contributed by atoms with Crippen molar-refractivity contribution in [2.75, 3.05) is 32.7 Å². The van der Waals surface area contributed by atoms with Gasteiger partial charge in [-0.2, -0.15) is 0 Å². The van der Waals surface area contributed by atoms with E-state index in [1.54, 1.807) is 6.92 Å². The normalized spacial score (nSPS) is 37.2. The second kappa shape index (κ2) is 34.6. The molecule has 25 atom stereocenters. The number of carbonyl (C=O) groups excluding carboxylic acids is 4. The Balaban J connectivity index is 0.000000165. The van der Waals surface area contributed by atoms with Crippen LogP contribution >= 0.6 is 0 Å². The van der Waals surface area contributed by atoms with Crippen LogP contribution in [-0.2, 0) is 36.8 Å². The fourth-order valence-electron chi connectivity index (χ4n) is 22.5. The van der Waals surface area contributed by atoms with Crippen molar-refractivity contribution in [2.45, 2.75) is 345 Å². The van der Waals surface area contributed by atoms with Gasteiger partial charge in [0.05, 0.1) is 24.2 Å². The average molecular weight is 1480 g/mol. The summed E-state index contributed by atoms with van der Waals surface area (Å²) in [5.41, 5.74) is 1.23. The van der Waals surface area contributed by atoms with Gasteiger partial charge in [0.25, 0.3) is 5.97 Å². The molecule has 12 unspecified atom stereocenters. The van der Waals surface area contributed by atoms with Crippen LogP contribution in [0.3, 0.4) is 0 Å². The van der Waals surface area contributed by atoms with E-state index in [4.69, 9.17) is 30.2 Å². The van der Waals surface area contributed by atoms with Crippen molar-refractivity contribution in [3.63, 3.8) is 0 Å². The van der Waals surface area contributed by atoms with Crippen molar-refractivity contribution >= 4 is 30.3 Å². The number of fused-ring (bicyclic) bond motifs is 10. The van der Waals surface area contributed by atoms with Crippen LogP contribution in [0, 0.1) is 71.0 Å². The molecule has 15 bridgehead atoms. The molecule has 13 saturated heterocycles. The van der Waals surface area contributed by atoms with E-state index in [0.29, 0.717) is 109 Å². The first-order valence-corrected chi connectivity index (χ1v) is 40.2. The van der Waals surface area contributed by atoms with Crippen LogP contribution in [0.25, 0.3) is 0 Å². The largest absolute Gasteiger partial charge is 0.481 e. The molecule has 15 aliphatic rings. The number of benzene rings is 2. The number of nitrogens with zero attached hydrogens (tertiary/aromatic N) is 6. The third-order valence-electron chi connectivity index (χ3n) is 26.0. The Bertz CT molecular complexity index is 3050. The molecule has 4 amide bonds. The van der Waals surface area contributed by atoms with Crippen LogP contribution in [0.15, 0.2) is 60.7 Å². The predicted molar refractivity (Wildman–Crippen MR) is 425 cm³/mol. The fraction of sp³-hybridized carbons (Fsp3) is 0.805. The zero-order valence-electron chi connectivity index (χ0n) is 67.4. The lowest BCUT2D eigenvalue weighted by molar-refractivity contribution is -0.134. The number of amides is 4. The number of nitrogens with one attached hydrogen (secondary N) is 3. The minimum absolute atomic E-state index is 0. The van der Waals surface area contributed by atoms with Gasteiger partial charge in [-0.1, -0.05) is 131 Å². The van der Waals surface area contributed by atoms with E-state index in [2.05, 4.69) is 126 Å². The van der Waals surface area contributed by atoms with Gasteiger partial charge in [-0.3, -0.25) is 14.6 Å². The van der Waals surface area contributed by atoms with Gasteiger partial charge in [0, 0.05) is 88.9 Å². The molecule has 106 heavy (non-hydrogen) atoms. The lowest BCUT2D eigenvalue weighted by Crippen LogP contribution is -2.57. The maximum absolute atomic E-state index is 12.8. The zero-order valence-corrected chi connectivity index (χ0v) is 66.4. The Morgan fingerprint density at radius 2 is 0.679 bits per heavy atom. The lowest BCUT2D eigenvalue weighted by atomic mass is 9.77. The Morgan fingerprint density at radius 3 is 1.02 bits per heavy atom. The van der Waals surface area contributed by atoms with E-state index in [9.17, 15) is 19.2 Å². The minimum atomic E-state index is -0.833. The van der Waals surface area contributed by atoms with E-state index in [1.807, 2.05) is 97.8 Å². The van der Waals surface area contributed by atoms with Gasteiger partial charge < -0.3 is 59.6 Å². The molecule has 2 saturated carbocycles. The summed E-state index contributed by atoms with van der Waals surface area (Å²) in [6, 6.07) is 27.4. The molecule has 2 aliphatic carbocycles. The zero-order chi connectivity index (χ0) is 75.4. The summed E-state index contributed by atoms with van der Waals surface area (Å²) in [4.78, 5) is 72.6. The van der Waals surface area contributed by atoms with E-state index < -0.39 is 28.4 Å². The minimum Gasteiger partial charge on any atom is -0.481 e. The van der Waals surface area contributed by atoms with Gasteiger partial charge in [0.15, 0.2) is 0 Å². The summed E-state index contributed by atoms with van der Waals surface area (Å²) < 4.78 is 28.7. The number of likely N-dealkylation sites (tertiary alicyclic amines) is 2. The Hall–Kier alpha value is -5.21. The maximum Gasteiger partial charge on any atom is 0.410 e. The van der Waals surface area contributed by atoms with E-state index in [1.165, 1.54) is 50.0 Å². The molecule has 17 rings (SSSR count). The van der Waals surface area contributed by atoms with Gasteiger partial charge in [-0.15, -0.1) is 0 Å². The van der Waals surface area contributed by atoms with Crippen molar-refractivity contribution in [1.29, 1.82) is 0 Å². The van der Waals surface area contributed by atoms with Crippen LogP contribution in [0.5, 0.6) is 0 Å². The number of piperidine rings is 9. The number of hydrogen-bond donors (Lipinski definition) is 4. The number of carbonyl (C=O) groups is 5. The van der Waals surface area contributed by atoms with Crippen molar-refractivity contribution < 1.29 is 49.4 Å². The molecule has 2 aromatic rings.